The number of carbonyl (C=O) groups excluding carboxylic acids is 1. The molecule has 2 aromatic rings. The Morgan fingerprint density at radius 2 is 1.84 bits per heavy atom. The number of nitrogens with one attached hydrogen (secondary N) is 1. The molecule has 0 atom stereocenters. The fraction of sp³-hybridized carbons (Fsp3) is 0.278. The first-order chi connectivity index (χ1) is 12.1. The Bertz CT molecular complexity index is 738. The quantitative estimate of drug-likeness (QED) is 0.862. The van der Waals surface area contributed by atoms with Crippen LogP contribution in [-0.2, 0) is 11.3 Å². The maximum absolute atomic E-state index is 12.2. The summed E-state index contributed by atoms with van der Waals surface area (Å²) in [5.74, 6) is -1.45. The van der Waals surface area contributed by atoms with E-state index in [4.69, 9.17) is 9.84 Å². The standard InChI is InChI=1S/C18H19N3O4/c22-17(14-3-6-16(18(23)24)19-11-14)20-15-4-1-13(2-5-15)12-21-7-9-25-10-8-21/h1-6,11H,7-10,12H2,(H,20,22)(H,23,24). The fourth-order valence-corrected chi connectivity index (χ4v) is 2.57. The van der Waals surface area contributed by atoms with Crippen LogP contribution in [0.3, 0.4) is 0 Å². The van der Waals surface area contributed by atoms with Crippen LogP contribution in [0.4, 0.5) is 5.69 Å². The fourth-order valence-electron chi connectivity index (χ4n) is 2.57. The maximum Gasteiger partial charge on any atom is 0.354 e. The van der Waals surface area contributed by atoms with E-state index in [0.29, 0.717) is 11.3 Å². The molecule has 0 aliphatic carbocycles. The molecule has 1 aliphatic rings. The van der Waals surface area contributed by atoms with Crippen molar-refractivity contribution in [3.05, 3.63) is 59.4 Å². The van der Waals surface area contributed by atoms with Crippen LogP contribution >= 0.6 is 0 Å². The van der Waals surface area contributed by atoms with Crippen molar-refractivity contribution >= 4 is 17.6 Å². The number of carboxylic acid groups (broad SMARTS) is 1. The van der Waals surface area contributed by atoms with Crippen LogP contribution < -0.4 is 5.32 Å². The van der Waals surface area contributed by atoms with E-state index in [1.165, 1.54) is 23.9 Å². The number of nitrogens with zero attached hydrogens (tertiary/aromatic N) is 2. The number of aromatic nitrogens is 1. The molecule has 7 heteroatoms. The number of anilines is 1. The van der Waals surface area contributed by atoms with E-state index >= 15 is 0 Å². The molecule has 2 N–H and O–H groups in total. The second-order valence-electron chi connectivity index (χ2n) is 5.78. The van der Waals surface area contributed by atoms with E-state index in [2.05, 4.69) is 15.2 Å². The molecule has 0 unspecified atom stereocenters. The maximum atomic E-state index is 12.2. The minimum absolute atomic E-state index is 0.0935. The van der Waals surface area contributed by atoms with E-state index in [-0.39, 0.29) is 11.6 Å². The predicted molar refractivity (Wildman–Crippen MR) is 91.7 cm³/mol. The molecule has 0 saturated carbocycles. The summed E-state index contributed by atoms with van der Waals surface area (Å²) in [6.07, 6.45) is 1.26. The van der Waals surface area contributed by atoms with Gasteiger partial charge in [0.15, 0.2) is 0 Å². The number of carbonyl (C=O) groups is 2. The van der Waals surface area contributed by atoms with Gasteiger partial charge in [-0.05, 0) is 29.8 Å². The van der Waals surface area contributed by atoms with Crippen LogP contribution in [0.2, 0.25) is 0 Å². The molecule has 7 nitrogen and oxygen atoms in total. The van der Waals surface area contributed by atoms with E-state index in [0.717, 1.165) is 32.8 Å². The van der Waals surface area contributed by atoms with Crippen molar-refractivity contribution in [3.8, 4) is 0 Å². The van der Waals surface area contributed by atoms with Crippen molar-refractivity contribution in [1.82, 2.24) is 9.88 Å². The van der Waals surface area contributed by atoms with Gasteiger partial charge in [-0.3, -0.25) is 9.69 Å². The Labute approximate surface area is 145 Å². The van der Waals surface area contributed by atoms with Gasteiger partial charge in [-0.25, -0.2) is 9.78 Å². The molecular formula is C18H19N3O4. The average Bonchev–Trinajstić information content (AvgIpc) is 2.64. The van der Waals surface area contributed by atoms with E-state index in [1.54, 1.807) is 0 Å². The minimum atomic E-state index is -1.12. The third kappa shape index (κ3) is 4.62. The predicted octanol–water partition coefficient (Wildman–Crippen LogP) is 1.86. The summed E-state index contributed by atoms with van der Waals surface area (Å²) in [6.45, 7) is 4.25. The molecule has 1 aliphatic heterocycles. The van der Waals surface area contributed by atoms with Gasteiger partial charge in [-0.15, -0.1) is 0 Å². The lowest BCUT2D eigenvalue weighted by Crippen LogP contribution is -2.35. The topological polar surface area (TPSA) is 91.8 Å². The van der Waals surface area contributed by atoms with Gasteiger partial charge >= 0.3 is 5.97 Å². The van der Waals surface area contributed by atoms with Gasteiger partial charge in [-0.2, -0.15) is 0 Å². The van der Waals surface area contributed by atoms with Gasteiger partial charge in [0.1, 0.15) is 5.69 Å². The highest BCUT2D eigenvalue weighted by Crippen LogP contribution is 2.14. The third-order valence-corrected chi connectivity index (χ3v) is 3.97. The van der Waals surface area contributed by atoms with Gasteiger partial charge < -0.3 is 15.2 Å². The highest BCUT2D eigenvalue weighted by molar-refractivity contribution is 6.04. The van der Waals surface area contributed by atoms with Gasteiger partial charge in [0.25, 0.3) is 5.91 Å². The molecule has 3 rings (SSSR count). The molecule has 0 spiro atoms. The number of aromatic carboxylic acids is 1. The van der Waals surface area contributed by atoms with Crippen LogP contribution in [0.25, 0.3) is 0 Å². The highest BCUT2D eigenvalue weighted by Gasteiger charge is 2.12. The number of hydrogen-bond acceptors (Lipinski definition) is 5. The largest absolute Gasteiger partial charge is 0.477 e. The summed E-state index contributed by atoms with van der Waals surface area (Å²) in [5, 5.41) is 11.6. The van der Waals surface area contributed by atoms with Crippen LogP contribution in [0, 0.1) is 0 Å². The number of benzene rings is 1. The number of morpholine rings is 1. The summed E-state index contributed by atoms with van der Waals surface area (Å²) in [5.41, 5.74) is 2.07. The summed E-state index contributed by atoms with van der Waals surface area (Å²) in [4.78, 5) is 29.0. The van der Waals surface area contributed by atoms with Crippen LogP contribution in [0.1, 0.15) is 26.4 Å². The van der Waals surface area contributed by atoms with Gasteiger partial charge in [0.05, 0.1) is 18.8 Å². The lowest BCUT2D eigenvalue weighted by atomic mass is 10.1. The van der Waals surface area contributed by atoms with Gasteiger partial charge in [0.2, 0.25) is 0 Å². The highest BCUT2D eigenvalue weighted by atomic mass is 16.5. The van der Waals surface area contributed by atoms with Crippen molar-refractivity contribution in [2.75, 3.05) is 31.6 Å². The zero-order valence-electron chi connectivity index (χ0n) is 13.6. The Hall–Kier alpha value is -2.77. The Morgan fingerprint density at radius 1 is 1.12 bits per heavy atom. The summed E-state index contributed by atoms with van der Waals surface area (Å²) < 4.78 is 5.34. The van der Waals surface area contributed by atoms with E-state index in [9.17, 15) is 9.59 Å². The van der Waals surface area contributed by atoms with Crippen LogP contribution in [-0.4, -0.2) is 53.2 Å². The zero-order valence-corrected chi connectivity index (χ0v) is 13.6. The Kier molecular flexibility index (Phi) is 5.37. The first-order valence-corrected chi connectivity index (χ1v) is 8.01. The van der Waals surface area contributed by atoms with E-state index in [1.807, 2.05) is 24.3 Å². The average molecular weight is 341 g/mol. The molecule has 130 valence electrons. The monoisotopic (exact) mass is 341 g/mol. The van der Waals surface area contributed by atoms with E-state index < -0.39 is 5.97 Å². The number of ether oxygens (including phenoxy) is 1. The van der Waals surface area contributed by atoms with Crippen LogP contribution in [0.5, 0.6) is 0 Å². The lowest BCUT2D eigenvalue weighted by molar-refractivity contribution is 0.0342. The summed E-state index contributed by atoms with van der Waals surface area (Å²) >= 11 is 0. The third-order valence-electron chi connectivity index (χ3n) is 3.97. The molecule has 0 bridgehead atoms. The normalized spacial score (nSPS) is 14.9. The Balaban J connectivity index is 1.58. The smallest absolute Gasteiger partial charge is 0.354 e. The molecule has 1 amide bonds. The SMILES string of the molecule is O=C(Nc1ccc(CN2CCOCC2)cc1)c1ccc(C(=O)O)nc1. The van der Waals surface area contributed by atoms with Crippen molar-refractivity contribution in [1.29, 1.82) is 0 Å². The Morgan fingerprint density at radius 3 is 2.44 bits per heavy atom. The summed E-state index contributed by atoms with van der Waals surface area (Å²) in [7, 11) is 0. The van der Waals surface area contributed by atoms with Crippen molar-refractivity contribution in [3.63, 3.8) is 0 Å². The van der Waals surface area contributed by atoms with Gasteiger partial charge in [0, 0.05) is 31.5 Å². The van der Waals surface area contributed by atoms with Crippen molar-refractivity contribution < 1.29 is 19.4 Å². The van der Waals surface area contributed by atoms with Crippen molar-refractivity contribution in [2.45, 2.75) is 6.54 Å². The molecule has 25 heavy (non-hydrogen) atoms. The number of amides is 1. The van der Waals surface area contributed by atoms with Crippen LogP contribution in [0.15, 0.2) is 42.6 Å². The first kappa shape index (κ1) is 17.1. The number of pyridine rings is 1. The van der Waals surface area contributed by atoms with Gasteiger partial charge in [-0.1, -0.05) is 12.1 Å². The number of hydrogen-bond donors (Lipinski definition) is 2. The number of carboxylic acids is 1. The molecule has 2 heterocycles. The second-order valence-corrected chi connectivity index (χ2v) is 5.78. The minimum Gasteiger partial charge on any atom is -0.477 e. The first-order valence-electron chi connectivity index (χ1n) is 8.01. The van der Waals surface area contributed by atoms with Crippen molar-refractivity contribution in [2.24, 2.45) is 0 Å². The lowest BCUT2D eigenvalue weighted by Gasteiger charge is -2.26. The molecule has 1 aromatic heterocycles. The molecule has 1 fully saturated rings. The molecular weight excluding hydrogens is 322 g/mol. The molecule has 0 radical (unpaired) electrons. The second kappa shape index (κ2) is 7.87. The molecule has 1 saturated heterocycles. The zero-order chi connectivity index (χ0) is 17.6. The number of rotatable bonds is 5. The summed E-state index contributed by atoms with van der Waals surface area (Å²) in [6, 6.07) is 10.4. The molecule has 1 aromatic carbocycles.